The van der Waals surface area contributed by atoms with Gasteiger partial charge in [-0.3, -0.25) is 0 Å². The molecule has 18 heavy (non-hydrogen) atoms. The minimum atomic E-state index is -0.754. The van der Waals surface area contributed by atoms with Gasteiger partial charge in [-0.2, -0.15) is 0 Å². The Morgan fingerprint density at radius 3 is 2.44 bits per heavy atom. The number of rotatable bonds is 1. The Kier molecular flexibility index (Phi) is 3.60. The molecule has 3 N–H and O–H groups in total. The zero-order chi connectivity index (χ0) is 13.7. The maximum Gasteiger partial charge on any atom is 0.0862 e. The third-order valence-corrected chi connectivity index (χ3v) is 5.31. The van der Waals surface area contributed by atoms with E-state index in [1.165, 1.54) is 0 Å². The maximum atomic E-state index is 10.6. The van der Waals surface area contributed by atoms with Crippen LogP contribution in [-0.4, -0.2) is 33.6 Å². The molecule has 2 aliphatic carbocycles. The Bertz CT molecular complexity index is 339. The molecule has 104 valence electrons. The molecule has 0 spiro atoms. The summed E-state index contributed by atoms with van der Waals surface area (Å²) in [7, 11) is 0. The second-order valence-corrected chi connectivity index (χ2v) is 6.80. The van der Waals surface area contributed by atoms with Gasteiger partial charge in [0.1, 0.15) is 0 Å². The van der Waals surface area contributed by atoms with Crippen LogP contribution in [0.4, 0.5) is 0 Å². The smallest absolute Gasteiger partial charge is 0.0862 e. The molecular formula is C15H26O3. The molecule has 6 atom stereocenters. The third-order valence-electron chi connectivity index (χ3n) is 5.31. The van der Waals surface area contributed by atoms with Gasteiger partial charge in [-0.15, -0.1) is 0 Å². The molecule has 3 heteroatoms. The Morgan fingerprint density at radius 2 is 1.89 bits per heavy atom. The predicted octanol–water partition coefficient (Wildman–Crippen LogP) is 1.72. The van der Waals surface area contributed by atoms with E-state index in [-0.39, 0.29) is 11.8 Å². The molecule has 0 bridgehead atoms. The van der Waals surface area contributed by atoms with E-state index >= 15 is 0 Å². The Morgan fingerprint density at radius 1 is 1.28 bits per heavy atom. The second kappa shape index (κ2) is 4.62. The highest BCUT2D eigenvalue weighted by Gasteiger charge is 2.55. The monoisotopic (exact) mass is 254 g/mol. The van der Waals surface area contributed by atoms with E-state index in [1.807, 2.05) is 6.92 Å². The van der Waals surface area contributed by atoms with Crippen LogP contribution in [0.2, 0.25) is 0 Å². The molecule has 0 aromatic rings. The zero-order valence-electron chi connectivity index (χ0n) is 11.6. The minimum Gasteiger partial charge on any atom is -0.392 e. The summed E-state index contributed by atoms with van der Waals surface area (Å²) in [5, 5.41) is 30.8. The van der Waals surface area contributed by atoms with Crippen LogP contribution in [-0.2, 0) is 0 Å². The first-order chi connectivity index (χ1) is 8.29. The molecule has 0 aliphatic heterocycles. The quantitative estimate of drug-likeness (QED) is 0.624. The normalized spacial score (nSPS) is 49.3. The lowest BCUT2D eigenvalue weighted by molar-refractivity contribution is -0.157. The van der Waals surface area contributed by atoms with Crippen molar-refractivity contribution in [2.45, 2.75) is 58.3 Å². The molecule has 0 heterocycles. The first-order valence-electron chi connectivity index (χ1n) is 7.01. The van der Waals surface area contributed by atoms with Crippen molar-refractivity contribution in [3.05, 3.63) is 12.2 Å². The van der Waals surface area contributed by atoms with E-state index in [1.54, 1.807) is 0 Å². The molecule has 0 saturated heterocycles. The average molecular weight is 254 g/mol. The summed E-state index contributed by atoms with van der Waals surface area (Å²) in [6.45, 7) is 10.3. The lowest BCUT2D eigenvalue weighted by Crippen LogP contribution is -2.58. The van der Waals surface area contributed by atoms with Crippen LogP contribution in [0.1, 0.15) is 40.0 Å². The van der Waals surface area contributed by atoms with Crippen molar-refractivity contribution < 1.29 is 15.3 Å². The van der Waals surface area contributed by atoms with Gasteiger partial charge in [0.05, 0.1) is 18.3 Å². The van der Waals surface area contributed by atoms with Gasteiger partial charge in [0.25, 0.3) is 0 Å². The fourth-order valence-corrected chi connectivity index (χ4v) is 4.16. The second-order valence-electron chi connectivity index (χ2n) is 6.80. The lowest BCUT2D eigenvalue weighted by Gasteiger charge is -2.55. The van der Waals surface area contributed by atoms with Gasteiger partial charge in [-0.25, -0.2) is 0 Å². The summed E-state index contributed by atoms with van der Waals surface area (Å²) >= 11 is 0. The van der Waals surface area contributed by atoms with Gasteiger partial charge >= 0.3 is 0 Å². The highest BCUT2D eigenvalue weighted by molar-refractivity contribution is 5.20. The van der Waals surface area contributed by atoms with Crippen molar-refractivity contribution in [2.75, 3.05) is 0 Å². The van der Waals surface area contributed by atoms with Gasteiger partial charge in [-0.05, 0) is 31.1 Å². The highest BCUT2D eigenvalue weighted by atomic mass is 16.3. The van der Waals surface area contributed by atoms with Gasteiger partial charge in [0, 0.05) is 11.3 Å². The van der Waals surface area contributed by atoms with Crippen LogP contribution in [0.3, 0.4) is 0 Å². The topological polar surface area (TPSA) is 60.7 Å². The Balaban J connectivity index is 2.32. The molecule has 2 fully saturated rings. The summed E-state index contributed by atoms with van der Waals surface area (Å²) in [6.07, 6.45) is 0.219. The fraction of sp³-hybridized carbons (Fsp3) is 0.867. The maximum absolute atomic E-state index is 10.6. The molecule has 0 radical (unpaired) electrons. The SMILES string of the molecule is C=C1C[C@@H](O)[C@H](O)[C@@]2(C)CC[C@@H](C(C)C)[C@@H](O)[C@H]12. The lowest BCUT2D eigenvalue weighted by atomic mass is 9.53. The number of aliphatic hydroxyl groups excluding tert-OH is 3. The van der Waals surface area contributed by atoms with Crippen LogP contribution in [0.15, 0.2) is 12.2 Å². The van der Waals surface area contributed by atoms with Gasteiger partial charge in [0.15, 0.2) is 0 Å². The molecule has 0 amide bonds. The number of hydrogen-bond acceptors (Lipinski definition) is 3. The van der Waals surface area contributed by atoms with Crippen molar-refractivity contribution in [3.8, 4) is 0 Å². The van der Waals surface area contributed by atoms with E-state index in [0.717, 1.165) is 18.4 Å². The van der Waals surface area contributed by atoms with Gasteiger partial charge < -0.3 is 15.3 Å². The third kappa shape index (κ3) is 1.93. The molecule has 2 aliphatic rings. The fourth-order valence-electron chi connectivity index (χ4n) is 4.16. The molecule has 2 saturated carbocycles. The van der Waals surface area contributed by atoms with Crippen molar-refractivity contribution >= 4 is 0 Å². The largest absolute Gasteiger partial charge is 0.392 e. The molecule has 0 aromatic carbocycles. The summed E-state index contributed by atoms with van der Waals surface area (Å²) in [4.78, 5) is 0. The first kappa shape index (κ1) is 14.0. The molecule has 2 rings (SSSR count). The predicted molar refractivity (Wildman–Crippen MR) is 70.9 cm³/mol. The highest BCUT2D eigenvalue weighted by Crippen LogP contribution is 2.54. The van der Waals surface area contributed by atoms with Crippen LogP contribution >= 0.6 is 0 Å². The van der Waals surface area contributed by atoms with E-state index in [9.17, 15) is 15.3 Å². The summed E-state index contributed by atoms with van der Waals surface area (Å²) < 4.78 is 0. The molecule has 0 unspecified atom stereocenters. The van der Waals surface area contributed by atoms with Crippen molar-refractivity contribution in [3.63, 3.8) is 0 Å². The van der Waals surface area contributed by atoms with E-state index in [2.05, 4.69) is 20.4 Å². The zero-order valence-corrected chi connectivity index (χ0v) is 11.6. The van der Waals surface area contributed by atoms with Gasteiger partial charge in [0.2, 0.25) is 0 Å². The summed E-state index contributed by atoms with van der Waals surface area (Å²) in [6, 6.07) is 0. The summed E-state index contributed by atoms with van der Waals surface area (Å²) in [5.41, 5.74) is 0.465. The van der Waals surface area contributed by atoms with Crippen LogP contribution < -0.4 is 0 Å². The van der Waals surface area contributed by atoms with Crippen LogP contribution in [0.5, 0.6) is 0 Å². The molecular weight excluding hydrogens is 228 g/mol. The number of aliphatic hydroxyl groups is 3. The van der Waals surface area contributed by atoms with E-state index in [0.29, 0.717) is 12.3 Å². The molecule has 3 nitrogen and oxygen atoms in total. The van der Waals surface area contributed by atoms with Crippen LogP contribution in [0, 0.1) is 23.2 Å². The van der Waals surface area contributed by atoms with E-state index in [4.69, 9.17) is 0 Å². The van der Waals surface area contributed by atoms with E-state index < -0.39 is 23.7 Å². The first-order valence-corrected chi connectivity index (χ1v) is 7.01. The standard InChI is InChI=1S/C15H26O3/c1-8(2)10-5-6-15(4)12(13(10)17)9(3)7-11(16)14(15)18/h8,10-14,16-18H,3,5-7H2,1-2,4H3/t10-,11+,12-,13+,14-,15-/m0/s1. The number of fused-ring (bicyclic) bond motifs is 1. The van der Waals surface area contributed by atoms with Gasteiger partial charge in [-0.1, -0.05) is 32.9 Å². The number of hydrogen-bond donors (Lipinski definition) is 3. The van der Waals surface area contributed by atoms with Crippen LogP contribution in [0.25, 0.3) is 0 Å². The summed E-state index contributed by atoms with van der Waals surface area (Å²) in [5.74, 6) is 0.612. The Hall–Kier alpha value is -0.380. The van der Waals surface area contributed by atoms with Crippen molar-refractivity contribution in [1.82, 2.24) is 0 Å². The average Bonchev–Trinajstić information content (AvgIpc) is 2.25. The molecule has 0 aromatic heterocycles. The van der Waals surface area contributed by atoms with Crippen molar-refractivity contribution in [2.24, 2.45) is 23.2 Å². The van der Waals surface area contributed by atoms with Crippen molar-refractivity contribution in [1.29, 1.82) is 0 Å². The minimum absolute atomic E-state index is 0.0861. The Labute approximate surface area is 110 Å².